The van der Waals surface area contributed by atoms with Crippen molar-refractivity contribution in [2.24, 2.45) is 5.92 Å². The smallest absolute Gasteiger partial charge is 0.331 e. The van der Waals surface area contributed by atoms with Crippen LogP contribution in [0.1, 0.15) is 60.8 Å². The van der Waals surface area contributed by atoms with Crippen molar-refractivity contribution in [3.8, 4) is 0 Å². The molecule has 0 N–H and O–H groups in total. The van der Waals surface area contributed by atoms with Gasteiger partial charge in [0.05, 0.1) is 6.10 Å². The lowest BCUT2D eigenvalue weighted by Crippen LogP contribution is -2.33. The number of ether oxygens (including phenoxy) is 2. The molecular weight excluding hydrogens is 292 g/mol. The van der Waals surface area contributed by atoms with Crippen LogP contribution in [0.3, 0.4) is 0 Å². The number of carbonyl (C=O) groups is 2. The Kier molecular flexibility index (Phi) is 9.73. The van der Waals surface area contributed by atoms with Gasteiger partial charge in [0.25, 0.3) is 0 Å². The normalized spacial score (nSPS) is 14.3. The van der Waals surface area contributed by atoms with Gasteiger partial charge in [-0.2, -0.15) is 0 Å². The summed E-state index contributed by atoms with van der Waals surface area (Å²) in [6, 6.07) is 0. The lowest BCUT2D eigenvalue weighted by atomic mass is 9.93. The van der Waals surface area contributed by atoms with E-state index in [9.17, 15) is 9.59 Å². The highest BCUT2D eigenvalue weighted by Crippen LogP contribution is 2.18. The summed E-state index contributed by atoms with van der Waals surface area (Å²) in [6.45, 7) is 11.2. The number of Topliss-reactive ketones (excluding diaryl/α,β-unsaturated/α-hetero) is 1. The summed E-state index contributed by atoms with van der Waals surface area (Å²) >= 11 is 0. The Morgan fingerprint density at radius 2 is 1.78 bits per heavy atom. The number of methoxy groups -OCH3 is 1. The Hall–Kier alpha value is -1.42. The second-order valence-electron chi connectivity index (χ2n) is 6.79. The first kappa shape index (κ1) is 21.6. The highest BCUT2D eigenvalue weighted by atomic mass is 16.5. The number of allylic oxidation sites excluding steroid dienone is 3. The minimum absolute atomic E-state index is 0.107. The molecule has 4 heteroatoms. The summed E-state index contributed by atoms with van der Waals surface area (Å²) in [5.41, 5.74) is 0.158. The molecule has 0 saturated carbocycles. The van der Waals surface area contributed by atoms with Gasteiger partial charge in [-0.15, -0.1) is 0 Å². The van der Waals surface area contributed by atoms with Crippen molar-refractivity contribution < 1.29 is 19.1 Å². The SMILES string of the molecule is COC(C)(C)C(=O)CCC(C)C/C=C/C(C)=C/C(=O)OC(C)C. The zero-order valence-corrected chi connectivity index (χ0v) is 15.6. The van der Waals surface area contributed by atoms with Gasteiger partial charge in [-0.05, 0) is 59.0 Å². The molecule has 4 nitrogen and oxygen atoms in total. The third-order valence-corrected chi connectivity index (χ3v) is 3.66. The molecule has 0 aromatic rings. The standard InChI is InChI=1S/C19H32O4/c1-14(2)23-18(21)13-16(4)10-8-9-15(3)11-12-17(20)19(5,6)22-7/h8,10,13-15H,9,11-12H2,1-7H3/b10-8+,16-13+. The molecule has 0 saturated heterocycles. The van der Waals surface area contributed by atoms with Crippen LogP contribution in [-0.4, -0.2) is 30.6 Å². The van der Waals surface area contributed by atoms with Crippen LogP contribution in [-0.2, 0) is 19.1 Å². The van der Waals surface area contributed by atoms with Gasteiger partial charge >= 0.3 is 5.97 Å². The highest BCUT2D eigenvalue weighted by Gasteiger charge is 2.26. The van der Waals surface area contributed by atoms with Gasteiger partial charge in [-0.25, -0.2) is 4.79 Å². The lowest BCUT2D eigenvalue weighted by Gasteiger charge is -2.21. The van der Waals surface area contributed by atoms with Gasteiger partial charge in [-0.1, -0.05) is 19.1 Å². The van der Waals surface area contributed by atoms with Crippen LogP contribution in [0.5, 0.6) is 0 Å². The Labute approximate surface area is 140 Å². The van der Waals surface area contributed by atoms with E-state index in [0.29, 0.717) is 12.3 Å². The molecule has 0 aromatic carbocycles. The topological polar surface area (TPSA) is 52.6 Å². The average molecular weight is 324 g/mol. The molecule has 0 heterocycles. The number of esters is 1. The average Bonchev–Trinajstić information content (AvgIpc) is 2.43. The summed E-state index contributed by atoms with van der Waals surface area (Å²) in [5.74, 6) is 0.212. The molecule has 0 aromatic heterocycles. The first-order chi connectivity index (χ1) is 10.6. The first-order valence-corrected chi connectivity index (χ1v) is 8.22. The molecule has 0 fully saturated rings. The van der Waals surface area contributed by atoms with Crippen molar-refractivity contribution >= 4 is 11.8 Å². The van der Waals surface area contributed by atoms with Gasteiger partial charge in [0, 0.05) is 19.6 Å². The molecule has 0 aliphatic heterocycles. The number of hydrogen-bond acceptors (Lipinski definition) is 4. The van der Waals surface area contributed by atoms with Crippen LogP contribution in [0.25, 0.3) is 0 Å². The van der Waals surface area contributed by atoms with Gasteiger partial charge in [0.15, 0.2) is 5.78 Å². The van der Waals surface area contributed by atoms with Crippen molar-refractivity contribution in [1.29, 1.82) is 0 Å². The van der Waals surface area contributed by atoms with Crippen LogP contribution < -0.4 is 0 Å². The number of carbonyl (C=O) groups excluding carboxylic acids is 2. The molecule has 1 unspecified atom stereocenters. The molecular formula is C19H32O4. The molecule has 0 bridgehead atoms. The third kappa shape index (κ3) is 10.1. The molecule has 132 valence electrons. The Morgan fingerprint density at radius 1 is 1.17 bits per heavy atom. The van der Waals surface area contributed by atoms with Gasteiger partial charge in [0.2, 0.25) is 0 Å². The zero-order valence-electron chi connectivity index (χ0n) is 15.6. The first-order valence-electron chi connectivity index (χ1n) is 8.22. The summed E-state index contributed by atoms with van der Waals surface area (Å²) in [6.07, 6.45) is 7.55. The van der Waals surface area contributed by atoms with E-state index in [2.05, 4.69) is 6.92 Å². The van der Waals surface area contributed by atoms with Gasteiger partial charge in [-0.3, -0.25) is 4.79 Å². The maximum absolute atomic E-state index is 12.0. The Balaban J connectivity index is 4.23. The van der Waals surface area contributed by atoms with E-state index in [-0.39, 0.29) is 17.9 Å². The third-order valence-electron chi connectivity index (χ3n) is 3.66. The number of hydrogen-bond donors (Lipinski definition) is 0. The van der Waals surface area contributed by atoms with Crippen molar-refractivity contribution in [1.82, 2.24) is 0 Å². The van der Waals surface area contributed by atoms with Crippen LogP contribution in [0.4, 0.5) is 0 Å². The monoisotopic (exact) mass is 324 g/mol. The minimum Gasteiger partial charge on any atom is -0.460 e. The molecule has 23 heavy (non-hydrogen) atoms. The maximum atomic E-state index is 12.0. The fraction of sp³-hybridized carbons (Fsp3) is 0.684. The predicted octanol–water partition coefficient (Wildman–Crippen LogP) is 4.24. The quantitative estimate of drug-likeness (QED) is 0.342. The van der Waals surface area contributed by atoms with E-state index in [1.54, 1.807) is 21.0 Å². The molecule has 1 atom stereocenters. The van der Waals surface area contributed by atoms with E-state index < -0.39 is 5.60 Å². The van der Waals surface area contributed by atoms with E-state index >= 15 is 0 Å². The van der Waals surface area contributed by atoms with E-state index in [1.807, 2.05) is 32.9 Å². The largest absolute Gasteiger partial charge is 0.460 e. The van der Waals surface area contributed by atoms with E-state index in [4.69, 9.17) is 9.47 Å². The van der Waals surface area contributed by atoms with Crippen molar-refractivity contribution in [3.05, 3.63) is 23.8 Å². The Bertz CT molecular complexity index is 444. The summed E-state index contributed by atoms with van der Waals surface area (Å²) in [7, 11) is 1.56. The fourth-order valence-electron chi connectivity index (χ4n) is 1.90. The van der Waals surface area contributed by atoms with Crippen molar-refractivity contribution in [2.45, 2.75) is 72.5 Å². The molecule has 0 rings (SSSR count). The van der Waals surface area contributed by atoms with Crippen LogP contribution >= 0.6 is 0 Å². The second-order valence-corrected chi connectivity index (χ2v) is 6.79. The zero-order chi connectivity index (χ0) is 18.0. The lowest BCUT2D eigenvalue weighted by molar-refractivity contribution is -0.141. The summed E-state index contributed by atoms with van der Waals surface area (Å²) in [4.78, 5) is 23.5. The van der Waals surface area contributed by atoms with Crippen LogP contribution in [0.2, 0.25) is 0 Å². The highest BCUT2D eigenvalue weighted by molar-refractivity contribution is 5.86. The van der Waals surface area contributed by atoms with Crippen LogP contribution in [0, 0.1) is 5.92 Å². The van der Waals surface area contributed by atoms with E-state index in [1.165, 1.54) is 6.08 Å². The number of rotatable bonds is 10. The van der Waals surface area contributed by atoms with Gasteiger partial charge < -0.3 is 9.47 Å². The maximum Gasteiger partial charge on any atom is 0.331 e. The van der Waals surface area contributed by atoms with Crippen LogP contribution in [0.15, 0.2) is 23.8 Å². The molecule has 0 amide bonds. The second kappa shape index (κ2) is 10.4. The number of ketones is 1. The molecule has 0 spiro atoms. The fourth-order valence-corrected chi connectivity index (χ4v) is 1.90. The molecule has 0 aliphatic rings. The molecule has 0 radical (unpaired) electrons. The summed E-state index contributed by atoms with van der Waals surface area (Å²) < 4.78 is 10.3. The molecule has 0 aliphatic carbocycles. The minimum atomic E-state index is -0.703. The Morgan fingerprint density at radius 3 is 2.30 bits per heavy atom. The van der Waals surface area contributed by atoms with E-state index in [0.717, 1.165) is 18.4 Å². The summed E-state index contributed by atoms with van der Waals surface area (Å²) in [5, 5.41) is 0. The van der Waals surface area contributed by atoms with Crippen molar-refractivity contribution in [3.63, 3.8) is 0 Å². The predicted molar refractivity (Wildman–Crippen MR) is 93.2 cm³/mol. The van der Waals surface area contributed by atoms with Gasteiger partial charge in [0.1, 0.15) is 5.60 Å². The van der Waals surface area contributed by atoms with Crippen molar-refractivity contribution in [2.75, 3.05) is 7.11 Å².